The Morgan fingerprint density at radius 2 is 1.31 bits per heavy atom. The van der Waals surface area contributed by atoms with Gasteiger partial charge in [-0.05, 0) is 78.7 Å². The van der Waals surface area contributed by atoms with Gasteiger partial charge in [-0.2, -0.15) is 26.3 Å². The Labute approximate surface area is 410 Å². The van der Waals surface area contributed by atoms with Crippen molar-refractivity contribution in [1.82, 2.24) is 30.2 Å². The molecule has 15 nitrogen and oxygen atoms in total. The molecule has 0 aliphatic rings. The maximum absolute atomic E-state index is 14.2. The Balaban J connectivity index is 1.11. The van der Waals surface area contributed by atoms with Gasteiger partial charge in [0, 0.05) is 53.0 Å². The van der Waals surface area contributed by atoms with Crippen molar-refractivity contribution < 1.29 is 59.3 Å². The minimum absolute atomic E-state index is 0.00521. The lowest BCUT2D eigenvalue weighted by Gasteiger charge is -2.21. The Bertz CT molecular complexity index is 3260. The standard InChI is InChI=1S/C50H43ClF6N8O7/c1-26(58)43-42(48(68)65(21-22-66)25-28-6-4-3-5-7-28)64-47(71-43)33-13-17-36(40-31(33)15-19-38(62-40)50(55,56)57)70-23-20-34(59)44-41(45(67)60-24-27-8-10-29(51)11-9-27)63-46(72-44)32-12-16-35(69-2)39-30(32)14-18-37(61-39)49(52,53)54/h3-19,26,34,66H,20-25,58-59H2,1-2H3,(H,60,67). The van der Waals surface area contributed by atoms with Gasteiger partial charge in [-0.3, -0.25) is 9.59 Å². The second kappa shape index (κ2) is 21.0. The van der Waals surface area contributed by atoms with Gasteiger partial charge in [0.2, 0.25) is 11.8 Å². The van der Waals surface area contributed by atoms with E-state index >= 15 is 0 Å². The second-order valence-corrected chi connectivity index (χ2v) is 16.8. The van der Waals surface area contributed by atoms with Gasteiger partial charge in [0.05, 0.1) is 32.4 Å². The summed E-state index contributed by atoms with van der Waals surface area (Å²) in [7, 11) is 1.27. The van der Waals surface area contributed by atoms with Crippen LogP contribution >= 0.6 is 11.6 Å². The number of benzene rings is 4. The number of fused-ring (bicyclic) bond motifs is 2. The highest BCUT2D eigenvalue weighted by Gasteiger charge is 2.35. The van der Waals surface area contributed by atoms with E-state index in [2.05, 4.69) is 25.3 Å². The van der Waals surface area contributed by atoms with Gasteiger partial charge in [0.25, 0.3) is 11.8 Å². The summed E-state index contributed by atoms with van der Waals surface area (Å²) in [5, 5.41) is 13.3. The smallest absolute Gasteiger partial charge is 0.433 e. The molecule has 72 heavy (non-hydrogen) atoms. The molecular formula is C50H43ClF6N8O7. The van der Waals surface area contributed by atoms with Crippen molar-refractivity contribution in [3.63, 3.8) is 0 Å². The van der Waals surface area contributed by atoms with Gasteiger partial charge in [0.15, 0.2) is 22.9 Å². The summed E-state index contributed by atoms with van der Waals surface area (Å²) in [4.78, 5) is 45.9. The van der Waals surface area contributed by atoms with Crippen LogP contribution in [-0.4, -0.2) is 68.6 Å². The topological polar surface area (TPSA) is 218 Å². The van der Waals surface area contributed by atoms with Gasteiger partial charge in [-0.25, -0.2) is 19.9 Å². The van der Waals surface area contributed by atoms with Crippen molar-refractivity contribution in [3.05, 3.63) is 154 Å². The highest BCUT2D eigenvalue weighted by Crippen LogP contribution is 2.40. The molecule has 0 saturated heterocycles. The molecule has 4 aromatic heterocycles. The maximum Gasteiger partial charge on any atom is 0.433 e. The molecule has 2 unspecified atom stereocenters. The van der Waals surface area contributed by atoms with Crippen LogP contribution in [0.1, 0.15) is 80.4 Å². The molecule has 0 radical (unpaired) electrons. The summed E-state index contributed by atoms with van der Waals surface area (Å²) < 4.78 is 107. The van der Waals surface area contributed by atoms with Gasteiger partial charge in [0.1, 0.15) is 33.9 Å². The number of pyridine rings is 2. The molecule has 0 aliphatic heterocycles. The number of nitrogens with zero attached hydrogens (tertiary/aromatic N) is 5. The number of carbonyl (C=O) groups is 2. The van der Waals surface area contributed by atoms with Crippen LogP contribution in [0.15, 0.2) is 112 Å². The molecule has 0 aliphatic carbocycles. The minimum atomic E-state index is -4.87. The number of aliphatic hydroxyl groups is 1. The fourth-order valence-electron chi connectivity index (χ4n) is 7.75. The predicted molar refractivity (Wildman–Crippen MR) is 252 cm³/mol. The SMILES string of the molecule is COc1ccc(-c2nc(C(=O)NCc3ccc(Cl)cc3)c(C(N)CCOc3ccc(-c4nc(C(=O)N(CCO)Cc5ccccc5)c(C(C)N)o4)c4ccc(C(F)(F)F)nc34)o2)c2ccc(C(F)(F)F)nc12. The van der Waals surface area contributed by atoms with E-state index in [9.17, 15) is 41.0 Å². The molecule has 0 bridgehead atoms. The first-order valence-corrected chi connectivity index (χ1v) is 22.4. The number of ether oxygens (including phenoxy) is 2. The van der Waals surface area contributed by atoms with E-state index in [4.69, 9.17) is 41.4 Å². The molecule has 6 N–H and O–H groups in total. The average molecular weight is 1020 g/mol. The first kappa shape index (κ1) is 50.8. The summed E-state index contributed by atoms with van der Waals surface area (Å²) in [5.74, 6) is -1.94. The number of methoxy groups -OCH3 is 1. The number of aliphatic hydroxyl groups excluding tert-OH is 1. The van der Waals surface area contributed by atoms with Crippen LogP contribution in [0.3, 0.4) is 0 Å². The van der Waals surface area contributed by atoms with Crippen molar-refractivity contribution in [1.29, 1.82) is 0 Å². The molecule has 4 heterocycles. The summed E-state index contributed by atoms with van der Waals surface area (Å²) >= 11 is 6.03. The van der Waals surface area contributed by atoms with Gasteiger partial charge in [-0.1, -0.05) is 54.1 Å². The number of aromatic nitrogens is 4. The summed E-state index contributed by atoms with van der Waals surface area (Å²) in [6.07, 6.45) is -9.78. The number of hydrogen-bond acceptors (Lipinski definition) is 13. The fourth-order valence-corrected chi connectivity index (χ4v) is 7.87. The lowest BCUT2D eigenvalue weighted by molar-refractivity contribution is -0.141. The molecular weight excluding hydrogens is 974 g/mol. The first-order chi connectivity index (χ1) is 34.3. The lowest BCUT2D eigenvalue weighted by atomic mass is 10.1. The third-order valence-electron chi connectivity index (χ3n) is 11.3. The van der Waals surface area contributed by atoms with Crippen LogP contribution in [0.25, 0.3) is 44.7 Å². The zero-order valence-corrected chi connectivity index (χ0v) is 38.9. The van der Waals surface area contributed by atoms with E-state index in [1.165, 1.54) is 42.3 Å². The summed E-state index contributed by atoms with van der Waals surface area (Å²) in [5.41, 5.74) is 11.4. The summed E-state index contributed by atoms with van der Waals surface area (Å²) in [6.45, 7) is 0.997. The number of oxazole rings is 2. The molecule has 22 heteroatoms. The first-order valence-electron chi connectivity index (χ1n) is 22.0. The number of nitrogens with one attached hydrogen (secondary N) is 1. The number of amides is 2. The third kappa shape index (κ3) is 11.0. The van der Waals surface area contributed by atoms with Crippen molar-refractivity contribution in [2.45, 2.75) is 50.9 Å². The Morgan fingerprint density at radius 3 is 1.88 bits per heavy atom. The van der Waals surface area contributed by atoms with Crippen LogP contribution in [0.4, 0.5) is 26.3 Å². The number of rotatable bonds is 17. The molecule has 0 saturated carbocycles. The zero-order valence-electron chi connectivity index (χ0n) is 38.1. The fraction of sp³-hybridized carbons (Fsp3) is 0.240. The maximum atomic E-state index is 14.2. The highest BCUT2D eigenvalue weighted by atomic mass is 35.5. The van der Waals surface area contributed by atoms with E-state index in [1.807, 2.05) is 18.2 Å². The number of halogens is 7. The quantitative estimate of drug-likeness (QED) is 0.0625. The molecule has 2 atom stereocenters. The van der Waals surface area contributed by atoms with Crippen LogP contribution in [-0.2, 0) is 25.4 Å². The molecule has 0 spiro atoms. The molecule has 8 aromatic rings. The van der Waals surface area contributed by atoms with E-state index in [0.29, 0.717) is 10.6 Å². The van der Waals surface area contributed by atoms with Crippen molar-refractivity contribution in [3.8, 4) is 34.4 Å². The van der Waals surface area contributed by atoms with Crippen LogP contribution in [0.5, 0.6) is 11.5 Å². The van der Waals surface area contributed by atoms with Crippen molar-refractivity contribution >= 4 is 45.2 Å². The van der Waals surface area contributed by atoms with Crippen molar-refractivity contribution in [2.24, 2.45) is 11.5 Å². The van der Waals surface area contributed by atoms with Crippen LogP contribution in [0, 0.1) is 0 Å². The number of carbonyl (C=O) groups excluding carboxylic acids is 2. The van der Waals surface area contributed by atoms with E-state index in [1.54, 1.807) is 43.3 Å². The highest BCUT2D eigenvalue weighted by molar-refractivity contribution is 6.30. The molecule has 4 aromatic carbocycles. The zero-order chi connectivity index (χ0) is 51.5. The molecule has 374 valence electrons. The monoisotopic (exact) mass is 1020 g/mol. The van der Waals surface area contributed by atoms with Gasteiger partial charge in [-0.15, -0.1) is 0 Å². The van der Waals surface area contributed by atoms with Gasteiger partial charge < -0.3 is 45.1 Å². The van der Waals surface area contributed by atoms with Crippen LogP contribution in [0.2, 0.25) is 5.02 Å². The minimum Gasteiger partial charge on any atom is -0.494 e. The van der Waals surface area contributed by atoms with E-state index in [-0.39, 0.29) is 118 Å². The number of hydrogen-bond donors (Lipinski definition) is 4. The van der Waals surface area contributed by atoms with E-state index < -0.39 is 47.6 Å². The van der Waals surface area contributed by atoms with E-state index in [0.717, 1.165) is 23.8 Å². The number of alkyl halides is 6. The van der Waals surface area contributed by atoms with Gasteiger partial charge >= 0.3 is 12.4 Å². The van der Waals surface area contributed by atoms with Crippen molar-refractivity contribution in [2.75, 3.05) is 26.9 Å². The largest absolute Gasteiger partial charge is 0.494 e. The lowest BCUT2D eigenvalue weighted by Crippen LogP contribution is -2.34. The Kier molecular flexibility index (Phi) is 14.8. The predicted octanol–water partition coefficient (Wildman–Crippen LogP) is 9.85. The third-order valence-corrected chi connectivity index (χ3v) is 11.6. The second-order valence-electron chi connectivity index (χ2n) is 16.3. The molecule has 8 rings (SSSR count). The average Bonchev–Trinajstić information content (AvgIpc) is 4.02. The Morgan fingerprint density at radius 1 is 0.736 bits per heavy atom. The Hall–Kier alpha value is -7.59. The van der Waals surface area contributed by atoms with Crippen LogP contribution < -0.4 is 26.3 Å². The molecule has 0 fully saturated rings. The molecule has 2 amide bonds. The normalized spacial score (nSPS) is 12.8. The number of nitrogens with two attached hydrogens (primary N) is 2. The summed E-state index contributed by atoms with van der Waals surface area (Å²) in [6, 6.07) is 23.2.